The molecule has 5 nitrogen and oxygen atoms in total. The quantitative estimate of drug-likeness (QED) is 0.803. The summed E-state index contributed by atoms with van der Waals surface area (Å²) in [5.74, 6) is 0.0854. The van der Waals surface area contributed by atoms with Gasteiger partial charge in [-0.2, -0.15) is 0 Å². The van der Waals surface area contributed by atoms with Crippen molar-refractivity contribution < 1.29 is 14.3 Å². The number of benzene rings is 1. The molecular weight excluding hydrogens is 348 g/mol. The first-order valence-electron chi connectivity index (χ1n) is 7.61. The zero-order valence-corrected chi connectivity index (χ0v) is 13.9. The number of hydrogen-bond acceptors (Lipinski definition) is 3. The molecule has 0 unspecified atom stereocenters. The van der Waals surface area contributed by atoms with E-state index in [1.807, 2.05) is 29.2 Å². The van der Waals surface area contributed by atoms with Crippen LogP contribution in [-0.2, 0) is 9.53 Å². The van der Waals surface area contributed by atoms with E-state index < -0.39 is 0 Å². The second-order valence-electron chi connectivity index (χ2n) is 5.60. The van der Waals surface area contributed by atoms with Crippen molar-refractivity contribution in [3.8, 4) is 0 Å². The number of amides is 2. The number of ether oxygens (including phenoxy) is 1. The van der Waals surface area contributed by atoms with Crippen LogP contribution in [0.1, 0.15) is 23.2 Å². The first-order chi connectivity index (χ1) is 10.7. The van der Waals surface area contributed by atoms with Crippen LogP contribution in [-0.4, -0.2) is 60.5 Å². The van der Waals surface area contributed by atoms with Crippen molar-refractivity contribution in [1.82, 2.24) is 9.80 Å². The molecule has 2 aliphatic heterocycles. The number of rotatable bonds is 2. The SMILES string of the molecule is O=C(c1ccccc1Br)N1CCN(C(=O)[C@H]2CCCO2)CC1. The molecule has 2 saturated heterocycles. The summed E-state index contributed by atoms with van der Waals surface area (Å²) in [6, 6.07) is 7.43. The molecule has 0 aromatic heterocycles. The Morgan fingerprint density at radius 1 is 1.09 bits per heavy atom. The Hall–Kier alpha value is -1.40. The number of nitrogens with zero attached hydrogens (tertiary/aromatic N) is 2. The Balaban J connectivity index is 1.58. The second-order valence-corrected chi connectivity index (χ2v) is 6.45. The highest BCUT2D eigenvalue weighted by molar-refractivity contribution is 9.10. The Morgan fingerprint density at radius 3 is 2.41 bits per heavy atom. The van der Waals surface area contributed by atoms with Crippen molar-refractivity contribution in [2.45, 2.75) is 18.9 Å². The number of hydrogen-bond donors (Lipinski definition) is 0. The Labute approximate surface area is 138 Å². The minimum absolute atomic E-state index is 0.0108. The van der Waals surface area contributed by atoms with Gasteiger partial charge in [0.1, 0.15) is 6.10 Å². The molecule has 1 aromatic carbocycles. The molecule has 0 radical (unpaired) electrons. The minimum Gasteiger partial charge on any atom is -0.368 e. The fourth-order valence-corrected chi connectivity index (χ4v) is 3.37. The third-order valence-electron chi connectivity index (χ3n) is 4.19. The summed E-state index contributed by atoms with van der Waals surface area (Å²) in [5.41, 5.74) is 0.668. The van der Waals surface area contributed by atoms with Gasteiger partial charge in [0, 0.05) is 37.3 Å². The lowest BCUT2D eigenvalue weighted by Gasteiger charge is -2.35. The predicted octanol–water partition coefficient (Wildman–Crippen LogP) is 1.91. The van der Waals surface area contributed by atoms with Gasteiger partial charge < -0.3 is 14.5 Å². The summed E-state index contributed by atoms with van der Waals surface area (Å²) < 4.78 is 6.25. The van der Waals surface area contributed by atoms with Gasteiger partial charge in [0.15, 0.2) is 0 Å². The molecule has 1 aromatic rings. The van der Waals surface area contributed by atoms with E-state index in [4.69, 9.17) is 4.74 Å². The van der Waals surface area contributed by atoms with E-state index in [2.05, 4.69) is 15.9 Å². The third-order valence-corrected chi connectivity index (χ3v) is 4.88. The van der Waals surface area contributed by atoms with E-state index in [-0.39, 0.29) is 17.9 Å². The Bertz CT molecular complexity index is 564. The average molecular weight is 367 g/mol. The molecule has 3 rings (SSSR count). The summed E-state index contributed by atoms with van der Waals surface area (Å²) in [6.45, 7) is 2.97. The highest BCUT2D eigenvalue weighted by atomic mass is 79.9. The molecule has 22 heavy (non-hydrogen) atoms. The maximum Gasteiger partial charge on any atom is 0.255 e. The smallest absolute Gasteiger partial charge is 0.255 e. The van der Waals surface area contributed by atoms with Crippen LogP contribution in [0.15, 0.2) is 28.7 Å². The van der Waals surface area contributed by atoms with Crippen LogP contribution >= 0.6 is 15.9 Å². The zero-order chi connectivity index (χ0) is 15.5. The first kappa shape index (κ1) is 15.5. The lowest BCUT2D eigenvalue weighted by molar-refractivity contribution is -0.142. The van der Waals surface area contributed by atoms with E-state index in [9.17, 15) is 9.59 Å². The van der Waals surface area contributed by atoms with E-state index in [0.717, 1.165) is 17.3 Å². The lowest BCUT2D eigenvalue weighted by Crippen LogP contribution is -2.52. The molecule has 118 valence electrons. The van der Waals surface area contributed by atoms with Crippen molar-refractivity contribution in [2.75, 3.05) is 32.8 Å². The van der Waals surface area contributed by atoms with Crippen molar-refractivity contribution in [3.05, 3.63) is 34.3 Å². The molecule has 0 saturated carbocycles. The largest absolute Gasteiger partial charge is 0.368 e. The molecule has 2 fully saturated rings. The van der Waals surface area contributed by atoms with Gasteiger partial charge >= 0.3 is 0 Å². The minimum atomic E-state index is -0.273. The van der Waals surface area contributed by atoms with Crippen LogP contribution in [0.2, 0.25) is 0 Å². The molecule has 0 aliphatic carbocycles. The summed E-state index contributed by atoms with van der Waals surface area (Å²) in [7, 11) is 0. The van der Waals surface area contributed by atoms with E-state index in [0.29, 0.717) is 38.3 Å². The number of carbonyl (C=O) groups excluding carboxylic acids is 2. The fourth-order valence-electron chi connectivity index (χ4n) is 2.91. The Morgan fingerprint density at radius 2 is 1.77 bits per heavy atom. The summed E-state index contributed by atoms with van der Waals surface area (Å²) in [6.07, 6.45) is 1.50. The van der Waals surface area contributed by atoms with Gasteiger partial charge in [-0.15, -0.1) is 0 Å². The topological polar surface area (TPSA) is 49.9 Å². The molecule has 2 aliphatic rings. The highest BCUT2D eigenvalue weighted by Crippen LogP contribution is 2.20. The van der Waals surface area contributed by atoms with Crippen LogP contribution in [0.25, 0.3) is 0 Å². The van der Waals surface area contributed by atoms with E-state index in [1.165, 1.54) is 0 Å². The van der Waals surface area contributed by atoms with Crippen LogP contribution in [0.4, 0.5) is 0 Å². The highest BCUT2D eigenvalue weighted by Gasteiger charge is 2.31. The van der Waals surface area contributed by atoms with Crippen molar-refractivity contribution in [3.63, 3.8) is 0 Å². The summed E-state index contributed by atoms with van der Waals surface area (Å²) >= 11 is 3.41. The van der Waals surface area contributed by atoms with Gasteiger partial charge in [-0.05, 0) is 40.9 Å². The zero-order valence-electron chi connectivity index (χ0n) is 12.3. The fraction of sp³-hybridized carbons (Fsp3) is 0.500. The van der Waals surface area contributed by atoms with Gasteiger partial charge in [0.05, 0.1) is 5.56 Å². The molecule has 6 heteroatoms. The maximum atomic E-state index is 12.5. The van der Waals surface area contributed by atoms with E-state index in [1.54, 1.807) is 4.90 Å². The lowest BCUT2D eigenvalue weighted by atomic mass is 10.1. The molecule has 0 N–H and O–H groups in total. The molecule has 1 atom stereocenters. The standard InChI is InChI=1S/C16H19BrN2O3/c17-13-5-2-1-4-12(13)15(20)18-7-9-19(10-8-18)16(21)14-6-3-11-22-14/h1-2,4-5,14H,3,6-11H2/t14-/m1/s1. The van der Waals surface area contributed by atoms with Gasteiger partial charge in [0.2, 0.25) is 0 Å². The normalized spacial score (nSPS) is 22.0. The van der Waals surface area contributed by atoms with Gasteiger partial charge in [-0.25, -0.2) is 0 Å². The monoisotopic (exact) mass is 366 g/mol. The number of piperazine rings is 1. The molecule has 2 amide bonds. The van der Waals surface area contributed by atoms with Gasteiger partial charge in [0.25, 0.3) is 11.8 Å². The van der Waals surface area contributed by atoms with Crippen LogP contribution in [0.3, 0.4) is 0 Å². The number of halogens is 1. The maximum absolute atomic E-state index is 12.5. The Kier molecular flexibility index (Phi) is 4.78. The van der Waals surface area contributed by atoms with Crippen LogP contribution in [0.5, 0.6) is 0 Å². The molecular formula is C16H19BrN2O3. The predicted molar refractivity (Wildman–Crippen MR) is 85.6 cm³/mol. The van der Waals surface area contributed by atoms with Gasteiger partial charge in [-0.3, -0.25) is 9.59 Å². The van der Waals surface area contributed by atoms with Crippen molar-refractivity contribution in [2.24, 2.45) is 0 Å². The molecule has 2 heterocycles. The van der Waals surface area contributed by atoms with E-state index >= 15 is 0 Å². The summed E-state index contributed by atoms with van der Waals surface area (Å²) in [5, 5.41) is 0. The van der Waals surface area contributed by atoms with Crippen molar-refractivity contribution >= 4 is 27.7 Å². The third kappa shape index (κ3) is 3.17. The first-order valence-corrected chi connectivity index (χ1v) is 8.40. The molecule has 0 bridgehead atoms. The van der Waals surface area contributed by atoms with Gasteiger partial charge in [-0.1, -0.05) is 12.1 Å². The molecule has 0 spiro atoms. The van der Waals surface area contributed by atoms with Crippen LogP contribution in [0, 0.1) is 0 Å². The number of carbonyl (C=O) groups is 2. The van der Waals surface area contributed by atoms with Crippen molar-refractivity contribution in [1.29, 1.82) is 0 Å². The summed E-state index contributed by atoms with van der Waals surface area (Å²) in [4.78, 5) is 28.4. The average Bonchev–Trinajstić information content (AvgIpc) is 3.09. The second kappa shape index (κ2) is 6.79. The van der Waals surface area contributed by atoms with Crippen LogP contribution < -0.4 is 0 Å².